The molecule has 168 valence electrons. The van der Waals surface area contributed by atoms with E-state index in [9.17, 15) is 18.0 Å². The smallest absolute Gasteiger partial charge is 0.280 e. The molecule has 0 spiro atoms. The molecule has 0 atom stereocenters. The number of amides is 1. The Kier molecular flexibility index (Phi) is 5.19. The highest BCUT2D eigenvalue weighted by atomic mass is 35.5. The molecule has 2 aromatic heterocycles. The maximum Gasteiger partial charge on any atom is 0.280 e. The fourth-order valence-corrected chi connectivity index (χ4v) is 4.52. The van der Waals surface area contributed by atoms with Crippen molar-refractivity contribution in [2.24, 2.45) is 0 Å². The van der Waals surface area contributed by atoms with Crippen LogP contribution in [0.3, 0.4) is 0 Å². The molecule has 5 rings (SSSR count). The van der Waals surface area contributed by atoms with Crippen LogP contribution >= 0.6 is 11.6 Å². The van der Waals surface area contributed by atoms with Crippen molar-refractivity contribution in [3.8, 4) is 11.6 Å². The summed E-state index contributed by atoms with van der Waals surface area (Å²) in [6, 6.07) is 5.29. The number of benzene rings is 1. The molecule has 32 heavy (non-hydrogen) atoms. The largest absolute Gasteiger partial charge is 0.341 e. The number of hydrogen-bond donors (Lipinski definition) is 0. The second-order valence-electron chi connectivity index (χ2n) is 8.13. The van der Waals surface area contributed by atoms with E-state index in [1.807, 2.05) is 0 Å². The molecule has 1 saturated heterocycles. The predicted octanol–water partition coefficient (Wildman–Crippen LogP) is 4.37. The summed E-state index contributed by atoms with van der Waals surface area (Å²) >= 11 is 6.23. The number of carbonyl (C=O) groups excluding carboxylic acids is 1. The average Bonchev–Trinajstić information content (AvgIpc) is 3.18. The normalized spacial score (nSPS) is 17.3. The van der Waals surface area contributed by atoms with Crippen molar-refractivity contribution < 1.29 is 22.5 Å². The second-order valence-corrected chi connectivity index (χ2v) is 8.54. The van der Waals surface area contributed by atoms with Crippen LogP contribution in [0.5, 0.6) is 0 Å². The van der Waals surface area contributed by atoms with Gasteiger partial charge in [-0.05, 0) is 49.4 Å². The Morgan fingerprint density at radius 3 is 2.62 bits per heavy atom. The third-order valence-corrected chi connectivity index (χ3v) is 6.36. The van der Waals surface area contributed by atoms with Gasteiger partial charge in [0.05, 0.1) is 5.41 Å². The Balaban J connectivity index is 1.43. The summed E-state index contributed by atoms with van der Waals surface area (Å²) in [5.41, 5.74) is -0.251. The second kappa shape index (κ2) is 7.91. The Morgan fingerprint density at radius 2 is 1.97 bits per heavy atom. The first kappa shape index (κ1) is 21.0. The lowest BCUT2D eigenvalue weighted by molar-refractivity contribution is -0.131. The Bertz CT molecular complexity index is 1170. The van der Waals surface area contributed by atoms with E-state index in [0.717, 1.165) is 23.6 Å². The lowest BCUT2D eigenvalue weighted by atomic mass is 9.95. The molecule has 1 aliphatic heterocycles. The van der Waals surface area contributed by atoms with Gasteiger partial charge in [0, 0.05) is 18.1 Å². The summed E-state index contributed by atoms with van der Waals surface area (Å²) in [5.74, 6) is -0.397. The van der Waals surface area contributed by atoms with E-state index >= 15 is 0 Å². The zero-order chi connectivity index (χ0) is 22.5. The molecule has 0 unspecified atom stereocenters. The first-order valence-corrected chi connectivity index (χ1v) is 10.7. The van der Waals surface area contributed by atoms with Gasteiger partial charge < -0.3 is 9.42 Å². The zero-order valence-corrected chi connectivity index (χ0v) is 17.7. The van der Waals surface area contributed by atoms with Crippen molar-refractivity contribution in [3.05, 3.63) is 52.2 Å². The molecule has 1 amide bonds. The van der Waals surface area contributed by atoms with Crippen LogP contribution in [-0.2, 0) is 16.8 Å². The van der Waals surface area contributed by atoms with E-state index in [1.165, 1.54) is 12.1 Å². The van der Waals surface area contributed by atoms with Crippen LogP contribution in [0.2, 0.25) is 5.02 Å². The summed E-state index contributed by atoms with van der Waals surface area (Å²) < 4.78 is 46.9. The number of aromatic nitrogens is 4. The quantitative estimate of drug-likeness (QED) is 0.540. The summed E-state index contributed by atoms with van der Waals surface area (Å²) in [6.07, 6.45) is 0.375. The van der Waals surface area contributed by atoms with Crippen molar-refractivity contribution in [3.63, 3.8) is 0 Å². The number of rotatable bonds is 6. The van der Waals surface area contributed by atoms with Gasteiger partial charge in [-0.3, -0.25) is 9.48 Å². The van der Waals surface area contributed by atoms with Crippen LogP contribution in [0.4, 0.5) is 13.2 Å². The highest BCUT2D eigenvalue weighted by Crippen LogP contribution is 2.54. The first-order chi connectivity index (χ1) is 15.4. The number of carbonyl (C=O) groups is 1. The van der Waals surface area contributed by atoms with E-state index in [1.54, 1.807) is 11.0 Å². The molecule has 11 heteroatoms. The number of halogens is 4. The van der Waals surface area contributed by atoms with E-state index in [0.29, 0.717) is 37.3 Å². The van der Waals surface area contributed by atoms with Gasteiger partial charge in [0.25, 0.3) is 12.3 Å². The summed E-state index contributed by atoms with van der Waals surface area (Å²) in [5, 5.41) is 8.43. The molecule has 0 radical (unpaired) electrons. The highest BCUT2D eigenvalue weighted by molar-refractivity contribution is 6.31. The average molecular weight is 466 g/mol. The minimum atomic E-state index is -2.82. The standard InChI is InChI=1S/C21H19ClF3N5O2/c22-14-9-12(23)3-4-13(14)21(5-6-21)20-26-19(32-28-20)15-10-16(18(24)25)30(27-15)11-17(31)29-7-1-2-8-29/h3-4,9-10,18H,1-2,5-8,11H2. The maximum atomic E-state index is 13.6. The molecule has 3 aromatic rings. The topological polar surface area (TPSA) is 77.0 Å². The molecule has 1 saturated carbocycles. The molecule has 2 aliphatic rings. The number of hydrogen-bond acceptors (Lipinski definition) is 5. The van der Waals surface area contributed by atoms with Gasteiger partial charge in [0.1, 0.15) is 18.1 Å². The molecule has 3 heterocycles. The van der Waals surface area contributed by atoms with E-state index < -0.39 is 23.4 Å². The van der Waals surface area contributed by atoms with Crippen LogP contribution in [0.15, 0.2) is 28.8 Å². The minimum Gasteiger partial charge on any atom is -0.341 e. The highest BCUT2D eigenvalue weighted by Gasteiger charge is 2.51. The monoisotopic (exact) mass is 465 g/mol. The van der Waals surface area contributed by atoms with Gasteiger partial charge in [-0.25, -0.2) is 13.2 Å². The SMILES string of the molecule is O=C(Cn1nc(-c2nc(C3(c4ccc(F)cc4Cl)CC3)no2)cc1C(F)F)N1CCCC1. The van der Waals surface area contributed by atoms with Crippen molar-refractivity contribution >= 4 is 17.5 Å². The van der Waals surface area contributed by atoms with E-state index in [4.69, 9.17) is 16.1 Å². The summed E-state index contributed by atoms with van der Waals surface area (Å²) in [6.45, 7) is 0.964. The first-order valence-electron chi connectivity index (χ1n) is 10.3. The number of alkyl halides is 2. The Morgan fingerprint density at radius 1 is 1.22 bits per heavy atom. The minimum absolute atomic E-state index is 0.0289. The lowest BCUT2D eigenvalue weighted by Gasteiger charge is -2.15. The van der Waals surface area contributed by atoms with Gasteiger partial charge in [-0.2, -0.15) is 10.1 Å². The fraction of sp³-hybridized carbons (Fsp3) is 0.429. The Labute approximate surface area is 186 Å². The molecular formula is C21H19ClF3N5O2. The Hall–Kier alpha value is -2.88. The lowest BCUT2D eigenvalue weighted by Crippen LogP contribution is -2.31. The molecule has 2 fully saturated rings. The van der Waals surface area contributed by atoms with Crippen LogP contribution in [0.25, 0.3) is 11.6 Å². The van der Waals surface area contributed by atoms with Crippen molar-refractivity contribution in [1.82, 2.24) is 24.8 Å². The molecule has 1 aliphatic carbocycles. The van der Waals surface area contributed by atoms with Gasteiger partial charge in [-0.1, -0.05) is 22.8 Å². The van der Waals surface area contributed by atoms with Crippen molar-refractivity contribution in [1.29, 1.82) is 0 Å². The summed E-state index contributed by atoms with van der Waals surface area (Å²) in [7, 11) is 0. The third-order valence-electron chi connectivity index (χ3n) is 6.05. The van der Waals surface area contributed by atoms with E-state index in [2.05, 4.69) is 15.2 Å². The van der Waals surface area contributed by atoms with Crippen LogP contribution < -0.4 is 0 Å². The van der Waals surface area contributed by atoms with Crippen LogP contribution in [0.1, 0.15) is 49.2 Å². The van der Waals surface area contributed by atoms with E-state index in [-0.39, 0.29) is 29.1 Å². The molecule has 0 N–H and O–H groups in total. The van der Waals surface area contributed by atoms with Crippen LogP contribution in [-0.4, -0.2) is 43.8 Å². The maximum absolute atomic E-state index is 13.6. The predicted molar refractivity (Wildman–Crippen MR) is 108 cm³/mol. The zero-order valence-electron chi connectivity index (χ0n) is 16.9. The molecule has 7 nitrogen and oxygen atoms in total. The summed E-state index contributed by atoms with van der Waals surface area (Å²) in [4.78, 5) is 18.4. The number of likely N-dealkylation sites (tertiary alicyclic amines) is 1. The van der Waals surface area contributed by atoms with Gasteiger partial charge in [0.2, 0.25) is 5.91 Å². The van der Waals surface area contributed by atoms with Gasteiger partial charge in [-0.15, -0.1) is 0 Å². The van der Waals surface area contributed by atoms with Gasteiger partial charge in [0.15, 0.2) is 11.5 Å². The number of nitrogens with zero attached hydrogens (tertiary/aromatic N) is 5. The third kappa shape index (κ3) is 3.66. The van der Waals surface area contributed by atoms with Crippen LogP contribution in [0, 0.1) is 5.82 Å². The molecule has 0 bridgehead atoms. The fourth-order valence-electron chi connectivity index (χ4n) is 4.17. The van der Waals surface area contributed by atoms with Crippen molar-refractivity contribution in [2.45, 2.75) is 44.1 Å². The molecular weight excluding hydrogens is 447 g/mol. The van der Waals surface area contributed by atoms with Crippen molar-refractivity contribution in [2.75, 3.05) is 13.1 Å². The van der Waals surface area contributed by atoms with Gasteiger partial charge >= 0.3 is 0 Å². The molecule has 1 aromatic carbocycles.